The van der Waals surface area contributed by atoms with Gasteiger partial charge in [-0.15, -0.1) is 0 Å². The van der Waals surface area contributed by atoms with Crippen LogP contribution in [-0.2, 0) is 0 Å². The summed E-state index contributed by atoms with van der Waals surface area (Å²) in [6, 6.07) is 12.7. The van der Waals surface area contributed by atoms with E-state index >= 15 is 0 Å². The van der Waals surface area contributed by atoms with Gasteiger partial charge in [-0.1, -0.05) is 0 Å². The average molecular weight is 254 g/mol. The number of hydrogen-bond acceptors (Lipinski definition) is 4. The monoisotopic (exact) mass is 254 g/mol. The minimum Gasteiger partial charge on any atom is -0.368 e. The molecule has 2 unspecified atom stereocenters. The molecule has 1 saturated heterocycles. The molecule has 0 bridgehead atoms. The van der Waals surface area contributed by atoms with Crippen molar-refractivity contribution < 1.29 is 0 Å². The molecular weight excluding hydrogens is 236 g/mol. The van der Waals surface area contributed by atoms with Crippen LogP contribution in [0, 0.1) is 22.7 Å². The van der Waals surface area contributed by atoms with Crippen LogP contribution < -0.4 is 4.90 Å². The lowest BCUT2D eigenvalue weighted by atomic mass is 10.0. The SMILES string of the molecule is CC1CN(c2ccc(C#N)cc2)CC(CC#N)N1C. The van der Waals surface area contributed by atoms with Crippen molar-refractivity contribution in [1.29, 1.82) is 10.5 Å². The van der Waals surface area contributed by atoms with Crippen LogP contribution in [0.5, 0.6) is 0 Å². The summed E-state index contributed by atoms with van der Waals surface area (Å²) in [6.45, 7) is 3.99. The summed E-state index contributed by atoms with van der Waals surface area (Å²) in [7, 11) is 2.09. The van der Waals surface area contributed by atoms with E-state index in [-0.39, 0.29) is 6.04 Å². The average Bonchev–Trinajstić information content (AvgIpc) is 2.44. The van der Waals surface area contributed by atoms with E-state index in [0.717, 1.165) is 18.8 Å². The van der Waals surface area contributed by atoms with Crippen molar-refractivity contribution in [2.24, 2.45) is 0 Å². The van der Waals surface area contributed by atoms with Crippen LogP contribution >= 0.6 is 0 Å². The van der Waals surface area contributed by atoms with Crippen molar-refractivity contribution in [2.45, 2.75) is 25.4 Å². The molecule has 1 aromatic carbocycles. The second-order valence-electron chi connectivity index (χ2n) is 5.09. The van der Waals surface area contributed by atoms with Gasteiger partial charge in [-0.05, 0) is 38.2 Å². The van der Waals surface area contributed by atoms with E-state index in [4.69, 9.17) is 10.5 Å². The molecule has 0 aromatic heterocycles. The fourth-order valence-corrected chi connectivity index (χ4v) is 2.54. The Balaban J connectivity index is 2.16. The first-order chi connectivity index (χ1) is 9.15. The fraction of sp³-hybridized carbons (Fsp3) is 0.467. The van der Waals surface area contributed by atoms with Crippen molar-refractivity contribution in [3.63, 3.8) is 0 Å². The predicted molar refractivity (Wildman–Crippen MR) is 74.6 cm³/mol. The third-order valence-electron chi connectivity index (χ3n) is 3.88. The Hall–Kier alpha value is -2.04. The van der Waals surface area contributed by atoms with Crippen molar-refractivity contribution in [3.8, 4) is 12.1 Å². The molecule has 0 amide bonds. The predicted octanol–water partition coefficient (Wildman–Crippen LogP) is 1.98. The normalized spacial score (nSPS) is 23.7. The molecule has 0 radical (unpaired) electrons. The van der Waals surface area contributed by atoms with Crippen LogP contribution in [0.3, 0.4) is 0 Å². The number of nitriles is 2. The number of nitrogens with zero attached hydrogens (tertiary/aromatic N) is 4. The summed E-state index contributed by atoms with van der Waals surface area (Å²) in [5, 5.41) is 17.7. The molecule has 2 atom stereocenters. The van der Waals surface area contributed by atoms with Gasteiger partial charge in [0.05, 0.1) is 24.1 Å². The molecule has 1 aromatic rings. The molecule has 4 nitrogen and oxygen atoms in total. The molecule has 98 valence electrons. The minimum absolute atomic E-state index is 0.268. The number of benzene rings is 1. The Morgan fingerprint density at radius 1 is 1.21 bits per heavy atom. The van der Waals surface area contributed by atoms with Crippen LogP contribution in [0.1, 0.15) is 18.9 Å². The van der Waals surface area contributed by atoms with Crippen molar-refractivity contribution in [2.75, 3.05) is 25.0 Å². The van der Waals surface area contributed by atoms with Gasteiger partial charge in [0.25, 0.3) is 0 Å². The van der Waals surface area contributed by atoms with Gasteiger partial charge in [-0.3, -0.25) is 4.90 Å². The Kier molecular flexibility index (Phi) is 4.04. The number of rotatable bonds is 2. The molecule has 0 saturated carbocycles. The minimum atomic E-state index is 0.268. The third-order valence-corrected chi connectivity index (χ3v) is 3.88. The second kappa shape index (κ2) is 5.73. The van der Waals surface area contributed by atoms with Gasteiger partial charge in [0.2, 0.25) is 0 Å². The molecule has 2 rings (SSSR count). The van der Waals surface area contributed by atoms with Crippen LogP contribution in [-0.4, -0.2) is 37.1 Å². The molecular formula is C15H18N4. The van der Waals surface area contributed by atoms with Crippen LogP contribution in [0.25, 0.3) is 0 Å². The van der Waals surface area contributed by atoms with Gasteiger partial charge < -0.3 is 4.90 Å². The zero-order valence-electron chi connectivity index (χ0n) is 11.4. The first-order valence-corrected chi connectivity index (χ1v) is 6.49. The molecule has 0 aliphatic carbocycles. The van der Waals surface area contributed by atoms with Gasteiger partial charge in [-0.25, -0.2) is 0 Å². The Morgan fingerprint density at radius 2 is 1.89 bits per heavy atom. The summed E-state index contributed by atoms with van der Waals surface area (Å²) in [5.74, 6) is 0. The highest BCUT2D eigenvalue weighted by molar-refractivity contribution is 5.50. The van der Waals surface area contributed by atoms with Gasteiger partial charge in [0, 0.05) is 30.9 Å². The maximum Gasteiger partial charge on any atom is 0.0991 e. The first-order valence-electron chi connectivity index (χ1n) is 6.49. The number of anilines is 1. The van der Waals surface area contributed by atoms with Crippen molar-refractivity contribution >= 4 is 5.69 Å². The molecule has 0 spiro atoms. The van der Waals surface area contributed by atoms with E-state index < -0.39 is 0 Å². The van der Waals surface area contributed by atoms with E-state index in [1.54, 1.807) is 0 Å². The second-order valence-corrected chi connectivity index (χ2v) is 5.09. The lowest BCUT2D eigenvalue weighted by Crippen LogP contribution is -2.56. The summed E-state index contributed by atoms with van der Waals surface area (Å²) < 4.78 is 0. The standard InChI is InChI=1S/C15H18N4/c1-12-10-19(11-15(7-8-16)18(12)2)14-5-3-13(9-17)4-6-14/h3-6,12,15H,7,10-11H2,1-2H3. The number of likely N-dealkylation sites (N-methyl/N-ethyl adjacent to an activating group) is 1. The Labute approximate surface area is 114 Å². The molecule has 1 aliphatic heterocycles. The molecule has 1 aliphatic rings. The lowest BCUT2D eigenvalue weighted by molar-refractivity contribution is 0.160. The van der Waals surface area contributed by atoms with Crippen LogP contribution in [0.2, 0.25) is 0 Å². The van der Waals surface area contributed by atoms with E-state index in [9.17, 15) is 0 Å². The van der Waals surface area contributed by atoms with Crippen molar-refractivity contribution in [1.82, 2.24) is 4.90 Å². The summed E-state index contributed by atoms with van der Waals surface area (Å²) in [4.78, 5) is 4.58. The van der Waals surface area contributed by atoms with Gasteiger partial charge in [0.15, 0.2) is 0 Å². The van der Waals surface area contributed by atoms with E-state index in [1.165, 1.54) is 0 Å². The number of hydrogen-bond donors (Lipinski definition) is 0. The topological polar surface area (TPSA) is 54.1 Å². The largest absolute Gasteiger partial charge is 0.368 e. The first kappa shape index (κ1) is 13.4. The fourth-order valence-electron chi connectivity index (χ4n) is 2.54. The lowest BCUT2D eigenvalue weighted by Gasteiger charge is -2.44. The zero-order valence-corrected chi connectivity index (χ0v) is 11.4. The zero-order chi connectivity index (χ0) is 13.8. The molecule has 1 heterocycles. The number of piperazine rings is 1. The van der Waals surface area contributed by atoms with E-state index in [1.807, 2.05) is 24.3 Å². The van der Waals surface area contributed by atoms with E-state index in [2.05, 4.69) is 35.9 Å². The van der Waals surface area contributed by atoms with Crippen LogP contribution in [0.15, 0.2) is 24.3 Å². The van der Waals surface area contributed by atoms with E-state index in [0.29, 0.717) is 18.0 Å². The molecule has 0 N–H and O–H groups in total. The summed E-state index contributed by atoms with van der Waals surface area (Å²) in [5.41, 5.74) is 1.81. The maximum atomic E-state index is 8.92. The highest BCUT2D eigenvalue weighted by Crippen LogP contribution is 2.23. The highest BCUT2D eigenvalue weighted by atomic mass is 15.3. The molecule has 4 heteroatoms. The highest BCUT2D eigenvalue weighted by Gasteiger charge is 2.29. The van der Waals surface area contributed by atoms with Gasteiger partial charge in [-0.2, -0.15) is 10.5 Å². The third kappa shape index (κ3) is 2.86. The molecule has 19 heavy (non-hydrogen) atoms. The molecule has 1 fully saturated rings. The Morgan fingerprint density at radius 3 is 2.47 bits per heavy atom. The maximum absolute atomic E-state index is 8.92. The quantitative estimate of drug-likeness (QED) is 0.809. The van der Waals surface area contributed by atoms with Crippen LogP contribution in [0.4, 0.5) is 5.69 Å². The Bertz CT molecular complexity index is 508. The van der Waals surface area contributed by atoms with Gasteiger partial charge in [0.1, 0.15) is 0 Å². The summed E-state index contributed by atoms with van der Waals surface area (Å²) >= 11 is 0. The van der Waals surface area contributed by atoms with Crippen molar-refractivity contribution in [3.05, 3.63) is 29.8 Å². The van der Waals surface area contributed by atoms with Gasteiger partial charge >= 0.3 is 0 Å². The summed E-state index contributed by atoms with van der Waals surface area (Å²) in [6.07, 6.45) is 0.549. The smallest absolute Gasteiger partial charge is 0.0991 e.